The molecule has 0 saturated carbocycles. The van der Waals surface area contributed by atoms with E-state index in [1.165, 1.54) is 12.1 Å². The highest BCUT2D eigenvalue weighted by Crippen LogP contribution is 2.22. The summed E-state index contributed by atoms with van der Waals surface area (Å²) < 4.78 is 2.30. The first-order chi connectivity index (χ1) is 8.49. The van der Waals surface area contributed by atoms with E-state index in [2.05, 4.69) is 26.3 Å². The quantitative estimate of drug-likeness (QED) is 0.895. The molecule has 6 heteroatoms. The molecule has 0 spiro atoms. The second-order valence-corrected chi connectivity index (χ2v) is 4.67. The number of hydrogen-bond donors (Lipinski definition) is 2. The van der Waals surface area contributed by atoms with Gasteiger partial charge in [-0.05, 0) is 35.0 Å². The lowest BCUT2D eigenvalue weighted by Crippen LogP contribution is -2.13. The largest absolute Gasteiger partial charge is 0.508 e. The van der Waals surface area contributed by atoms with E-state index in [4.69, 9.17) is 0 Å². The van der Waals surface area contributed by atoms with Gasteiger partial charge in [0.05, 0.1) is 10.2 Å². The number of phenols is 1. The first-order valence-corrected chi connectivity index (χ1v) is 6.08. The Kier molecular flexibility index (Phi) is 3.38. The minimum atomic E-state index is -0.323. The molecule has 5 nitrogen and oxygen atoms in total. The van der Waals surface area contributed by atoms with Crippen molar-refractivity contribution >= 4 is 27.5 Å². The first-order valence-electron chi connectivity index (χ1n) is 5.28. The van der Waals surface area contributed by atoms with Gasteiger partial charge in [-0.25, -0.2) is 0 Å². The number of halogens is 1. The molecule has 0 bridgehead atoms. The van der Waals surface area contributed by atoms with Gasteiger partial charge in [0.15, 0.2) is 5.69 Å². The molecule has 2 aromatic rings. The molecule has 0 aliphatic carbocycles. The van der Waals surface area contributed by atoms with Crippen LogP contribution >= 0.6 is 15.9 Å². The highest BCUT2D eigenvalue weighted by atomic mass is 79.9. The molecule has 2 N–H and O–H groups in total. The number of benzene rings is 1. The summed E-state index contributed by atoms with van der Waals surface area (Å²) in [5.74, 6) is -0.222. The van der Waals surface area contributed by atoms with E-state index in [9.17, 15) is 9.90 Å². The molecular weight excluding hydrogens is 298 g/mol. The summed E-state index contributed by atoms with van der Waals surface area (Å²) >= 11 is 3.34. The zero-order valence-corrected chi connectivity index (χ0v) is 11.5. The highest BCUT2D eigenvalue weighted by Gasteiger charge is 2.17. The molecule has 0 atom stereocenters. The number of aromatic nitrogens is 2. The van der Waals surface area contributed by atoms with Crippen LogP contribution in [0.25, 0.3) is 0 Å². The van der Waals surface area contributed by atoms with Crippen LogP contribution in [0.3, 0.4) is 0 Å². The number of carbonyl (C=O) groups is 1. The summed E-state index contributed by atoms with van der Waals surface area (Å²) in [7, 11) is 1.77. The molecule has 1 heterocycles. The van der Waals surface area contributed by atoms with Gasteiger partial charge >= 0.3 is 0 Å². The first kappa shape index (κ1) is 12.6. The lowest BCUT2D eigenvalue weighted by molar-refractivity contribution is 0.102. The van der Waals surface area contributed by atoms with Crippen molar-refractivity contribution in [2.75, 3.05) is 5.32 Å². The van der Waals surface area contributed by atoms with Gasteiger partial charge in [0.25, 0.3) is 5.91 Å². The molecule has 0 aliphatic heterocycles. The molecule has 94 valence electrons. The molecule has 1 aromatic carbocycles. The predicted molar refractivity (Wildman–Crippen MR) is 71.7 cm³/mol. The zero-order valence-electron chi connectivity index (χ0n) is 9.94. The third kappa shape index (κ3) is 2.38. The Balaban J connectivity index is 2.25. The number of aromatic hydroxyl groups is 1. The minimum absolute atomic E-state index is 0.101. The summed E-state index contributed by atoms with van der Waals surface area (Å²) in [5.41, 5.74) is 1.71. The molecule has 0 aliphatic rings. The predicted octanol–water partition coefficient (Wildman–Crippen LogP) is 2.45. The van der Waals surface area contributed by atoms with Gasteiger partial charge in [-0.3, -0.25) is 9.48 Å². The molecule has 1 amide bonds. The molecule has 1 aromatic heterocycles. The van der Waals surface area contributed by atoms with Gasteiger partial charge in [0, 0.05) is 18.8 Å². The Morgan fingerprint density at radius 3 is 2.78 bits per heavy atom. The summed E-state index contributed by atoms with van der Waals surface area (Å²) in [6, 6.07) is 6.36. The van der Waals surface area contributed by atoms with E-state index in [0.29, 0.717) is 15.9 Å². The fourth-order valence-electron chi connectivity index (χ4n) is 1.50. The number of rotatable bonds is 2. The number of aryl methyl sites for hydroxylation is 1. The summed E-state index contributed by atoms with van der Waals surface area (Å²) in [6.45, 7) is 1.86. The van der Waals surface area contributed by atoms with Crippen LogP contribution in [0.1, 0.15) is 16.2 Å². The highest BCUT2D eigenvalue weighted by molar-refractivity contribution is 9.10. The molecule has 0 radical (unpaired) electrons. The smallest absolute Gasteiger partial charge is 0.277 e. The minimum Gasteiger partial charge on any atom is -0.508 e. The number of hydrogen-bond acceptors (Lipinski definition) is 3. The summed E-state index contributed by atoms with van der Waals surface area (Å²) in [5, 5.41) is 16.1. The van der Waals surface area contributed by atoms with Crippen LogP contribution in [0.4, 0.5) is 5.69 Å². The van der Waals surface area contributed by atoms with E-state index in [1.807, 2.05) is 6.92 Å². The van der Waals surface area contributed by atoms with Crippen LogP contribution in [0, 0.1) is 6.92 Å². The van der Waals surface area contributed by atoms with Crippen molar-refractivity contribution in [3.8, 4) is 5.75 Å². The standard InChI is InChI=1S/C12H12BrN3O2/c1-7-10(13)11(15-16(7)2)12(18)14-8-4-3-5-9(17)6-8/h3-6,17H,1-2H3,(H,14,18). The van der Waals surface area contributed by atoms with E-state index >= 15 is 0 Å². The Bertz CT molecular complexity index is 607. The van der Waals surface area contributed by atoms with Gasteiger partial charge in [-0.2, -0.15) is 5.10 Å². The molecular formula is C12H12BrN3O2. The monoisotopic (exact) mass is 309 g/mol. The maximum Gasteiger partial charge on any atom is 0.277 e. The number of carbonyl (C=O) groups excluding carboxylic acids is 1. The van der Waals surface area contributed by atoms with Gasteiger partial charge < -0.3 is 10.4 Å². The van der Waals surface area contributed by atoms with Crippen molar-refractivity contribution in [2.24, 2.45) is 7.05 Å². The average molecular weight is 310 g/mol. The Labute approximate surface area is 113 Å². The van der Waals surface area contributed by atoms with Crippen LogP contribution in [-0.2, 0) is 7.05 Å². The molecule has 2 rings (SSSR count). The number of nitrogens with zero attached hydrogens (tertiary/aromatic N) is 2. The van der Waals surface area contributed by atoms with E-state index in [-0.39, 0.29) is 11.7 Å². The van der Waals surface area contributed by atoms with Crippen molar-refractivity contribution in [1.29, 1.82) is 0 Å². The summed E-state index contributed by atoms with van der Waals surface area (Å²) in [4.78, 5) is 12.0. The maximum atomic E-state index is 12.0. The third-order valence-corrected chi connectivity index (χ3v) is 3.53. The van der Waals surface area contributed by atoms with Gasteiger partial charge in [0.2, 0.25) is 0 Å². The van der Waals surface area contributed by atoms with Crippen LogP contribution in [0.2, 0.25) is 0 Å². The number of amides is 1. The lowest BCUT2D eigenvalue weighted by Gasteiger charge is -2.03. The average Bonchev–Trinajstić information content (AvgIpc) is 2.57. The van der Waals surface area contributed by atoms with Crippen molar-refractivity contribution in [1.82, 2.24) is 9.78 Å². The second-order valence-electron chi connectivity index (χ2n) is 3.88. The number of anilines is 1. The van der Waals surface area contributed by atoms with Crippen molar-refractivity contribution < 1.29 is 9.90 Å². The number of phenolic OH excluding ortho intramolecular Hbond substituents is 1. The molecule has 0 fully saturated rings. The normalized spacial score (nSPS) is 10.4. The van der Waals surface area contributed by atoms with Gasteiger partial charge in [-0.15, -0.1) is 0 Å². The molecule has 18 heavy (non-hydrogen) atoms. The van der Waals surface area contributed by atoms with Crippen molar-refractivity contribution in [2.45, 2.75) is 6.92 Å². The Morgan fingerprint density at radius 1 is 1.50 bits per heavy atom. The Hall–Kier alpha value is -1.82. The topological polar surface area (TPSA) is 67.2 Å². The summed E-state index contributed by atoms with van der Waals surface area (Å²) in [6.07, 6.45) is 0. The van der Waals surface area contributed by atoms with Crippen LogP contribution in [-0.4, -0.2) is 20.8 Å². The van der Waals surface area contributed by atoms with E-state index in [0.717, 1.165) is 5.69 Å². The van der Waals surface area contributed by atoms with Gasteiger partial charge in [-0.1, -0.05) is 6.07 Å². The van der Waals surface area contributed by atoms with E-state index in [1.54, 1.807) is 23.9 Å². The Morgan fingerprint density at radius 2 is 2.22 bits per heavy atom. The zero-order chi connectivity index (χ0) is 13.3. The number of nitrogens with one attached hydrogen (secondary N) is 1. The van der Waals surface area contributed by atoms with Crippen molar-refractivity contribution in [3.05, 3.63) is 40.1 Å². The fourth-order valence-corrected chi connectivity index (χ4v) is 2.02. The maximum absolute atomic E-state index is 12.0. The van der Waals surface area contributed by atoms with Crippen LogP contribution < -0.4 is 5.32 Å². The SMILES string of the molecule is Cc1c(Br)c(C(=O)Nc2cccc(O)c2)nn1C. The van der Waals surface area contributed by atoms with Crippen LogP contribution in [0.15, 0.2) is 28.7 Å². The third-order valence-electron chi connectivity index (χ3n) is 2.58. The van der Waals surface area contributed by atoms with E-state index < -0.39 is 0 Å². The molecule has 0 saturated heterocycles. The van der Waals surface area contributed by atoms with Crippen molar-refractivity contribution in [3.63, 3.8) is 0 Å². The lowest BCUT2D eigenvalue weighted by atomic mass is 10.3. The van der Waals surface area contributed by atoms with Crippen LogP contribution in [0.5, 0.6) is 5.75 Å². The second kappa shape index (κ2) is 4.81. The van der Waals surface area contributed by atoms with Gasteiger partial charge in [0.1, 0.15) is 5.75 Å². The fraction of sp³-hybridized carbons (Fsp3) is 0.167. The molecule has 0 unspecified atom stereocenters.